The molecule has 0 radical (unpaired) electrons. The average molecular weight is 251 g/mol. The van der Waals surface area contributed by atoms with E-state index in [0.717, 1.165) is 16.1 Å². The number of thioether (sulfide) groups is 1. The van der Waals surface area contributed by atoms with E-state index in [1.165, 1.54) is 0 Å². The Kier molecular flexibility index (Phi) is 5.10. The Hall–Kier alpha value is -1.42. The van der Waals surface area contributed by atoms with Gasteiger partial charge in [0.2, 0.25) is 0 Å². The highest BCUT2D eigenvalue weighted by Gasteiger charge is 2.04. The summed E-state index contributed by atoms with van der Waals surface area (Å²) >= 11 is 1.55. The molecule has 0 aliphatic heterocycles. The number of benzene rings is 1. The van der Waals surface area contributed by atoms with Crippen LogP contribution < -0.4 is 5.73 Å². The van der Waals surface area contributed by atoms with Crippen LogP contribution in [0.5, 0.6) is 0 Å². The average Bonchev–Trinajstić information content (AvgIpc) is 2.26. The Labute approximate surface area is 106 Å². The number of hydrogen-bond acceptors (Lipinski definition) is 3. The number of hydrogen-bond donors (Lipinski definition) is 2. The molecule has 1 aromatic rings. The van der Waals surface area contributed by atoms with E-state index >= 15 is 0 Å². The molecule has 0 saturated heterocycles. The van der Waals surface area contributed by atoms with Crippen molar-refractivity contribution >= 4 is 23.4 Å². The van der Waals surface area contributed by atoms with E-state index in [9.17, 15) is 4.79 Å². The lowest BCUT2D eigenvalue weighted by Crippen LogP contribution is -1.99. The fraction of sp³-hybridized carbons (Fsp3) is 0.308. The standard InChI is InChI=1S/C13H17NO2S/c1-3-10(13(15)16)6-7-17-12-5-4-9(2)8-11(12)14/h4-6,8H,3,7,14H2,1-2H3,(H,15,16). The van der Waals surface area contributed by atoms with Crippen LogP contribution in [0.1, 0.15) is 18.9 Å². The third kappa shape index (κ3) is 4.15. The number of anilines is 1. The maximum Gasteiger partial charge on any atom is 0.331 e. The zero-order chi connectivity index (χ0) is 12.8. The summed E-state index contributed by atoms with van der Waals surface area (Å²) in [4.78, 5) is 11.8. The van der Waals surface area contributed by atoms with Gasteiger partial charge in [-0.15, -0.1) is 11.8 Å². The Balaban J connectivity index is 2.65. The first-order valence-corrected chi connectivity index (χ1v) is 6.44. The lowest BCUT2D eigenvalue weighted by molar-refractivity contribution is -0.132. The minimum atomic E-state index is -0.843. The van der Waals surface area contributed by atoms with Crippen LogP contribution in [-0.2, 0) is 4.79 Å². The molecule has 0 bridgehead atoms. The van der Waals surface area contributed by atoms with Gasteiger partial charge in [-0.3, -0.25) is 0 Å². The van der Waals surface area contributed by atoms with E-state index < -0.39 is 5.97 Å². The van der Waals surface area contributed by atoms with E-state index in [4.69, 9.17) is 10.8 Å². The Morgan fingerprint density at radius 1 is 1.53 bits per heavy atom. The number of carboxylic acid groups (broad SMARTS) is 1. The Morgan fingerprint density at radius 3 is 2.76 bits per heavy atom. The molecule has 3 N–H and O–H groups in total. The van der Waals surface area contributed by atoms with E-state index in [1.807, 2.05) is 32.0 Å². The highest BCUT2D eigenvalue weighted by Crippen LogP contribution is 2.26. The molecule has 0 fully saturated rings. The number of nitrogen functional groups attached to an aromatic ring is 1. The number of rotatable bonds is 5. The summed E-state index contributed by atoms with van der Waals surface area (Å²) in [5, 5.41) is 8.86. The maximum absolute atomic E-state index is 10.8. The quantitative estimate of drug-likeness (QED) is 0.479. The van der Waals surface area contributed by atoms with Crippen molar-refractivity contribution in [2.24, 2.45) is 0 Å². The van der Waals surface area contributed by atoms with Gasteiger partial charge >= 0.3 is 5.97 Å². The van der Waals surface area contributed by atoms with Crippen LogP contribution in [0.4, 0.5) is 5.69 Å². The molecule has 4 heteroatoms. The summed E-state index contributed by atoms with van der Waals surface area (Å²) in [6.07, 6.45) is 2.28. The molecule has 0 aromatic heterocycles. The molecule has 1 aromatic carbocycles. The van der Waals surface area contributed by atoms with Crippen LogP contribution in [0, 0.1) is 6.92 Å². The number of aryl methyl sites for hydroxylation is 1. The van der Waals surface area contributed by atoms with Gasteiger partial charge < -0.3 is 10.8 Å². The van der Waals surface area contributed by atoms with Crippen molar-refractivity contribution < 1.29 is 9.90 Å². The summed E-state index contributed by atoms with van der Waals surface area (Å²) in [5.41, 5.74) is 8.19. The van der Waals surface area contributed by atoms with Crippen molar-refractivity contribution in [1.82, 2.24) is 0 Å². The van der Waals surface area contributed by atoms with E-state index in [0.29, 0.717) is 17.7 Å². The summed E-state index contributed by atoms with van der Waals surface area (Å²) < 4.78 is 0. The third-order valence-corrected chi connectivity index (χ3v) is 3.41. The monoisotopic (exact) mass is 251 g/mol. The maximum atomic E-state index is 10.8. The Bertz CT molecular complexity index is 441. The van der Waals surface area contributed by atoms with Crippen LogP contribution in [-0.4, -0.2) is 16.8 Å². The zero-order valence-electron chi connectivity index (χ0n) is 10.1. The van der Waals surface area contributed by atoms with Crippen LogP contribution in [0.25, 0.3) is 0 Å². The first-order valence-electron chi connectivity index (χ1n) is 5.45. The van der Waals surface area contributed by atoms with Crippen LogP contribution in [0.3, 0.4) is 0 Å². The molecule has 0 aliphatic carbocycles. The largest absolute Gasteiger partial charge is 0.478 e. The van der Waals surface area contributed by atoms with Gasteiger partial charge in [-0.05, 0) is 31.0 Å². The van der Waals surface area contributed by atoms with Gasteiger partial charge in [0.15, 0.2) is 0 Å². The molecular formula is C13H17NO2S. The van der Waals surface area contributed by atoms with Gasteiger partial charge in [-0.25, -0.2) is 4.79 Å². The zero-order valence-corrected chi connectivity index (χ0v) is 10.9. The highest BCUT2D eigenvalue weighted by molar-refractivity contribution is 7.99. The number of carbonyl (C=O) groups is 1. The molecule has 0 spiro atoms. The van der Waals surface area contributed by atoms with Crippen molar-refractivity contribution in [2.75, 3.05) is 11.5 Å². The molecule has 0 atom stereocenters. The smallest absolute Gasteiger partial charge is 0.331 e. The first kappa shape index (κ1) is 13.6. The molecule has 0 heterocycles. The molecule has 0 unspecified atom stereocenters. The normalized spacial score (nSPS) is 11.5. The SMILES string of the molecule is CCC(=CCSc1ccc(C)cc1N)C(=O)O. The molecule has 92 valence electrons. The van der Waals surface area contributed by atoms with Crippen molar-refractivity contribution in [3.63, 3.8) is 0 Å². The number of nitrogens with two attached hydrogens (primary N) is 1. The molecule has 0 saturated carbocycles. The van der Waals surface area contributed by atoms with Gasteiger partial charge in [0.05, 0.1) is 0 Å². The number of carboxylic acids is 1. The van der Waals surface area contributed by atoms with Gasteiger partial charge in [0.1, 0.15) is 0 Å². The fourth-order valence-electron chi connectivity index (χ4n) is 1.41. The highest BCUT2D eigenvalue weighted by atomic mass is 32.2. The van der Waals surface area contributed by atoms with Crippen molar-refractivity contribution in [1.29, 1.82) is 0 Å². The van der Waals surface area contributed by atoms with Crippen molar-refractivity contribution in [2.45, 2.75) is 25.2 Å². The second kappa shape index (κ2) is 6.35. The predicted octanol–water partition coefficient (Wildman–Crippen LogP) is 3.09. The Morgan fingerprint density at radius 2 is 2.24 bits per heavy atom. The molecule has 0 amide bonds. The molecular weight excluding hydrogens is 234 g/mol. The fourth-order valence-corrected chi connectivity index (χ4v) is 2.27. The summed E-state index contributed by atoms with van der Waals surface area (Å²) in [6, 6.07) is 5.89. The molecule has 17 heavy (non-hydrogen) atoms. The third-order valence-electron chi connectivity index (χ3n) is 2.39. The van der Waals surface area contributed by atoms with Crippen molar-refractivity contribution in [3.05, 3.63) is 35.4 Å². The molecule has 3 nitrogen and oxygen atoms in total. The van der Waals surface area contributed by atoms with Crippen LogP contribution >= 0.6 is 11.8 Å². The lowest BCUT2D eigenvalue weighted by atomic mass is 10.2. The number of aliphatic carboxylic acids is 1. The summed E-state index contributed by atoms with van der Waals surface area (Å²) in [6.45, 7) is 3.83. The lowest BCUT2D eigenvalue weighted by Gasteiger charge is -2.05. The van der Waals surface area contributed by atoms with Crippen LogP contribution in [0.2, 0.25) is 0 Å². The van der Waals surface area contributed by atoms with Gasteiger partial charge in [-0.2, -0.15) is 0 Å². The topological polar surface area (TPSA) is 63.3 Å². The van der Waals surface area contributed by atoms with Gasteiger partial charge in [0, 0.05) is 21.9 Å². The minimum Gasteiger partial charge on any atom is -0.478 e. The van der Waals surface area contributed by atoms with E-state index in [-0.39, 0.29) is 0 Å². The predicted molar refractivity (Wildman–Crippen MR) is 72.3 cm³/mol. The second-order valence-electron chi connectivity index (χ2n) is 3.74. The first-order chi connectivity index (χ1) is 8.04. The summed E-state index contributed by atoms with van der Waals surface area (Å²) in [5.74, 6) is -0.215. The van der Waals surface area contributed by atoms with E-state index in [1.54, 1.807) is 17.8 Å². The molecule has 0 aliphatic rings. The van der Waals surface area contributed by atoms with E-state index in [2.05, 4.69) is 0 Å². The summed E-state index contributed by atoms with van der Waals surface area (Å²) in [7, 11) is 0. The molecule has 1 rings (SSSR count). The second-order valence-corrected chi connectivity index (χ2v) is 4.80. The van der Waals surface area contributed by atoms with Crippen molar-refractivity contribution in [3.8, 4) is 0 Å². The van der Waals surface area contributed by atoms with Gasteiger partial charge in [-0.1, -0.05) is 19.1 Å². The van der Waals surface area contributed by atoms with Crippen LogP contribution in [0.15, 0.2) is 34.7 Å². The van der Waals surface area contributed by atoms with Gasteiger partial charge in [0.25, 0.3) is 0 Å². The minimum absolute atomic E-state index is 0.447.